The summed E-state index contributed by atoms with van der Waals surface area (Å²) < 4.78 is 11.1. The Morgan fingerprint density at radius 1 is 1.30 bits per heavy atom. The Hall–Kier alpha value is -1.18. The number of β-amino-alcohol motifs (C(OH)–C–C–N with tert-alkyl or cyclic N) is 1. The van der Waals surface area contributed by atoms with Gasteiger partial charge in [0.2, 0.25) is 0 Å². The Bertz CT molecular complexity index is 545. The summed E-state index contributed by atoms with van der Waals surface area (Å²) in [5.74, 6) is 0.808. The first-order chi connectivity index (χ1) is 12.8. The van der Waals surface area contributed by atoms with Gasteiger partial charge in [0.15, 0.2) is 0 Å². The predicted octanol–water partition coefficient (Wildman–Crippen LogP) is 1.44. The Balaban J connectivity index is 1.72. The van der Waals surface area contributed by atoms with Crippen LogP contribution in [0, 0.1) is 5.41 Å². The number of aliphatic hydroxyl groups is 1. The SMILES string of the molecule is CN(C)CC(C)(C)CNCc1cccc(OCC(O)CN2CCOCC2)c1. The molecule has 154 valence electrons. The van der Waals surface area contributed by atoms with Crippen molar-refractivity contribution in [2.75, 3.05) is 66.6 Å². The van der Waals surface area contributed by atoms with Crippen LogP contribution in [0.2, 0.25) is 0 Å². The van der Waals surface area contributed by atoms with Crippen molar-refractivity contribution in [3.8, 4) is 5.75 Å². The van der Waals surface area contributed by atoms with Crippen molar-refractivity contribution in [2.24, 2.45) is 5.41 Å². The van der Waals surface area contributed by atoms with Crippen LogP contribution in [0.5, 0.6) is 5.75 Å². The van der Waals surface area contributed by atoms with Crippen molar-refractivity contribution in [1.29, 1.82) is 0 Å². The lowest BCUT2D eigenvalue weighted by Crippen LogP contribution is -2.42. The zero-order chi connectivity index (χ0) is 19.7. The molecule has 6 nitrogen and oxygen atoms in total. The highest BCUT2D eigenvalue weighted by Crippen LogP contribution is 2.16. The minimum Gasteiger partial charge on any atom is -0.491 e. The average molecular weight is 380 g/mol. The molecule has 0 radical (unpaired) electrons. The van der Waals surface area contributed by atoms with E-state index in [9.17, 15) is 5.11 Å². The third-order valence-corrected chi connectivity index (χ3v) is 4.59. The summed E-state index contributed by atoms with van der Waals surface area (Å²) in [6.07, 6.45) is -0.489. The van der Waals surface area contributed by atoms with Gasteiger partial charge in [-0.2, -0.15) is 0 Å². The normalized spacial score (nSPS) is 17.3. The molecule has 27 heavy (non-hydrogen) atoms. The van der Waals surface area contributed by atoms with E-state index in [0.717, 1.165) is 51.7 Å². The van der Waals surface area contributed by atoms with Crippen LogP contribution in [0.15, 0.2) is 24.3 Å². The molecule has 0 spiro atoms. The van der Waals surface area contributed by atoms with E-state index < -0.39 is 6.10 Å². The molecule has 0 saturated carbocycles. The highest BCUT2D eigenvalue weighted by Gasteiger charge is 2.18. The summed E-state index contributed by atoms with van der Waals surface area (Å²) in [5, 5.41) is 13.8. The summed E-state index contributed by atoms with van der Waals surface area (Å²) in [6.45, 7) is 11.5. The Morgan fingerprint density at radius 3 is 2.74 bits per heavy atom. The number of rotatable bonds is 11. The van der Waals surface area contributed by atoms with E-state index >= 15 is 0 Å². The molecule has 6 heteroatoms. The lowest BCUT2D eigenvalue weighted by molar-refractivity contribution is 0.00465. The van der Waals surface area contributed by atoms with Crippen LogP contribution in [0.25, 0.3) is 0 Å². The topological polar surface area (TPSA) is 57.2 Å². The molecule has 1 aliphatic rings. The predicted molar refractivity (Wildman–Crippen MR) is 109 cm³/mol. The molecule has 1 saturated heterocycles. The van der Waals surface area contributed by atoms with Crippen molar-refractivity contribution < 1.29 is 14.6 Å². The van der Waals surface area contributed by atoms with Gasteiger partial charge >= 0.3 is 0 Å². The number of benzene rings is 1. The number of ether oxygens (including phenoxy) is 2. The highest BCUT2D eigenvalue weighted by atomic mass is 16.5. The van der Waals surface area contributed by atoms with Gasteiger partial charge in [-0.25, -0.2) is 0 Å². The standard InChI is InChI=1S/C21H37N3O3/c1-21(2,17-23(3)4)16-22-13-18-6-5-7-20(12-18)27-15-19(25)14-24-8-10-26-11-9-24/h5-7,12,19,22,25H,8-11,13-17H2,1-4H3. The van der Waals surface area contributed by atoms with Crippen molar-refractivity contribution in [3.05, 3.63) is 29.8 Å². The minimum atomic E-state index is -0.489. The summed E-state index contributed by atoms with van der Waals surface area (Å²) in [6, 6.07) is 8.10. The lowest BCUT2D eigenvalue weighted by Gasteiger charge is -2.28. The number of nitrogens with one attached hydrogen (secondary N) is 1. The summed E-state index contributed by atoms with van der Waals surface area (Å²) in [4.78, 5) is 4.44. The van der Waals surface area contributed by atoms with Crippen LogP contribution in [-0.4, -0.2) is 87.7 Å². The molecule has 2 N–H and O–H groups in total. The molecular formula is C21H37N3O3. The lowest BCUT2D eigenvalue weighted by atomic mass is 9.93. The third kappa shape index (κ3) is 9.04. The molecule has 1 aliphatic heterocycles. The van der Waals surface area contributed by atoms with E-state index in [1.165, 1.54) is 5.56 Å². The molecule has 1 fully saturated rings. The van der Waals surface area contributed by atoms with Gasteiger partial charge in [0, 0.05) is 39.3 Å². The monoisotopic (exact) mass is 379 g/mol. The van der Waals surface area contributed by atoms with E-state index in [2.05, 4.69) is 49.1 Å². The van der Waals surface area contributed by atoms with Crippen molar-refractivity contribution in [1.82, 2.24) is 15.1 Å². The molecule has 0 amide bonds. The van der Waals surface area contributed by atoms with Gasteiger partial charge in [-0.3, -0.25) is 4.90 Å². The van der Waals surface area contributed by atoms with Crippen molar-refractivity contribution >= 4 is 0 Å². The first-order valence-electron chi connectivity index (χ1n) is 9.89. The fourth-order valence-corrected chi connectivity index (χ4v) is 3.53. The summed E-state index contributed by atoms with van der Waals surface area (Å²) in [5.41, 5.74) is 1.41. The van der Waals surface area contributed by atoms with E-state index in [4.69, 9.17) is 9.47 Å². The number of hydrogen-bond donors (Lipinski definition) is 2. The smallest absolute Gasteiger partial charge is 0.119 e. The fraction of sp³-hybridized carbons (Fsp3) is 0.714. The maximum atomic E-state index is 10.2. The second kappa shape index (κ2) is 11.0. The zero-order valence-corrected chi connectivity index (χ0v) is 17.4. The van der Waals surface area contributed by atoms with Gasteiger partial charge in [-0.05, 0) is 37.2 Å². The Kier molecular flexibility index (Phi) is 8.99. The van der Waals surface area contributed by atoms with Gasteiger partial charge < -0.3 is 24.8 Å². The van der Waals surface area contributed by atoms with Crippen LogP contribution < -0.4 is 10.1 Å². The number of morpholine rings is 1. The van der Waals surface area contributed by atoms with E-state index in [1.54, 1.807) is 0 Å². The second-order valence-electron chi connectivity index (χ2n) is 8.53. The molecule has 1 atom stereocenters. The molecule has 0 aliphatic carbocycles. The molecule has 1 aromatic carbocycles. The van der Waals surface area contributed by atoms with Crippen molar-refractivity contribution in [3.63, 3.8) is 0 Å². The van der Waals surface area contributed by atoms with Crippen LogP contribution in [0.4, 0.5) is 0 Å². The summed E-state index contributed by atoms with van der Waals surface area (Å²) >= 11 is 0. The number of nitrogens with zero attached hydrogens (tertiary/aromatic N) is 2. The van der Waals surface area contributed by atoms with Crippen LogP contribution >= 0.6 is 0 Å². The van der Waals surface area contributed by atoms with Crippen LogP contribution in [0.1, 0.15) is 19.4 Å². The van der Waals surface area contributed by atoms with Crippen molar-refractivity contribution in [2.45, 2.75) is 26.5 Å². The van der Waals surface area contributed by atoms with Gasteiger partial charge in [0.05, 0.1) is 13.2 Å². The van der Waals surface area contributed by atoms with E-state index in [-0.39, 0.29) is 5.41 Å². The van der Waals surface area contributed by atoms with Gasteiger partial charge in [0.25, 0.3) is 0 Å². The van der Waals surface area contributed by atoms with Gasteiger partial charge in [-0.1, -0.05) is 26.0 Å². The minimum absolute atomic E-state index is 0.223. The molecular weight excluding hydrogens is 342 g/mol. The second-order valence-corrected chi connectivity index (χ2v) is 8.53. The third-order valence-electron chi connectivity index (χ3n) is 4.59. The highest BCUT2D eigenvalue weighted by molar-refractivity contribution is 5.28. The summed E-state index contributed by atoms with van der Waals surface area (Å²) in [7, 11) is 4.21. The average Bonchev–Trinajstić information content (AvgIpc) is 2.60. The Labute approximate surface area is 164 Å². The maximum absolute atomic E-state index is 10.2. The molecule has 0 bridgehead atoms. The van der Waals surface area contributed by atoms with E-state index in [0.29, 0.717) is 13.2 Å². The molecule has 1 aromatic rings. The quantitative estimate of drug-likeness (QED) is 0.607. The first-order valence-corrected chi connectivity index (χ1v) is 9.89. The largest absolute Gasteiger partial charge is 0.491 e. The molecule has 1 heterocycles. The first kappa shape index (κ1) is 22.1. The molecule has 2 rings (SSSR count). The number of aliphatic hydroxyl groups excluding tert-OH is 1. The molecule has 1 unspecified atom stereocenters. The zero-order valence-electron chi connectivity index (χ0n) is 17.4. The van der Waals surface area contributed by atoms with Gasteiger partial charge in [-0.15, -0.1) is 0 Å². The van der Waals surface area contributed by atoms with Crippen LogP contribution in [-0.2, 0) is 11.3 Å². The fourth-order valence-electron chi connectivity index (χ4n) is 3.53. The van der Waals surface area contributed by atoms with E-state index in [1.807, 2.05) is 18.2 Å². The maximum Gasteiger partial charge on any atom is 0.119 e. The molecule has 0 aromatic heterocycles. The van der Waals surface area contributed by atoms with Crippen LogP contribution in [0.3, 0.4) is 0 Å². The van der Waals surface area contributed by atoms with Gasteiger partial charge in [0.1, 0.15) is 18.5 Å². The Morgan fingerprint density at radius 2 is 2.04 bits per heavy atom. The number of hydrogen-bond acceptors (Lipinski definition) is 6.